The van der Waals surface area contributed by atoms with Crippen LogP contribution in [0.2, 0.25) is 0 Å². The van der Waals surface area contributed by atoms with Gasteiger partial charge in [0.05, 0.1) is 24.2 Å². The molecule has 2 aromatic rings. The Morgan fingerprint density at radius 1 is 1.15 bits per heavy atom. The van der Waals surface area contributed by atoms with E-state index < -0.39 is 18.0 Å². The average Bonchev–Trinajstić information content (AvgIpc) is 2.84. The standard InChI is InChI=1S/C25H27N3O5/c1-2-33-24(31)19-11-13-28(14-12-19)25(32)27-22(23(29)30)15-17-7-9-18(10-8-17)21-6-4-3-5-20(21)16-26/h3-10,19,22H,2,11-15H2,1H3,(H,27,32)(H,29,30)/t22-/m0/s1. The normalized spacial score (nSPS) is 14.7. The van der Waals surface area contributed by atoms with Crippen molar-refractivity contribution in [2.45, 2.75) is 32.2 Å². The van der Waals surface area contributed by atoms with Crippen molar-refractivity contribution in [1.29, 1.82) is 5.26 Å². The molecule has 1 aliphatic heterocycles. The molecule has 1 aliphatic rings. The first-order valence-electron chi connectivity index (χ1n) is 11.0. The highest BCUT2D eigenvalue weighted by atomic mass is 16.5. The van der Waals surface area contributed by atoms with Crippen LogP contribution in [0, 0.1) is 17.2 Å². The minimum absolute atomic E-state index is 0.126. The summed E-state index contributed by atoms with van der Waals surface area (Å²) >= 11 is 0. The van der Waals surface area contributed by atoms with Crippen molar-refractivity contribution < 1.29 is 24.2 Å². The number of nitrogens with zero attached hydrogens (tertiary/aromatic N) is 2. The molecule has 0 radical (unpaired) electrons. The van der Waals surface area contributed by atoms with Gasteiger partial charge >= 0.3 is 18.0 Å². The molecule has 0 saturated carbocycles. The first-order chi connectivity index (χ1) is 15.9. The lowest BCUT2D eigenvalue weighted by Crippen LogP contribution is -2.51. The highest BCUT2D eigenvalue weighted by Gasteiger charge is 2.30. The lowest BCUT2D eigenvalue weighted by molar-refractivity contribution is -0.149. The van der Waals surface area contributed by atoms with Crippen LogP contribution in [0.15, 0.2) is 48.5 Å². The van der Waals surface area contributed by atoms with Gasteiger partial charge < -0.3 is 20.1 Å². The van der Waals surface area contributed by atoms with Crippen LogP contribution < -0.4 is 5.32 Å². The number of hydrogen-bond acceptors (Lipinski definition) is 5. The average molecular weight is 450 g/mol. The van der Waals surface area contributed by atoms with Gasteiger partial charge in [-0.1, -0.05) is 42.5 Å². The number of carbonyl (C=O) groups excluding carboxylic acids is 2. The zero-order valence-electron chi connectivity index (χ0n) is 18.5. The second kappa shape index (κ2) is 11.1. The lowest BCUT2D eigenvalue weighted by atomic mass is 9.97. The number of carboxylic acid groups (broad SMARTS) is 1. The fourth-order valence-electron chi connectivity index (χ4n) is 3.91. The highest BCUT2D eigenvalue weighted by molar-refractivity contribution is 5.83. The number of urea groups is 1. The van der Waals surface area contributed by atoms with Gasteiger partial charge in [0.15, 0.2) is 0 Å². The van der Waals surface area contributed by atoms with Gasteiger partial charge in [0, 0.05) is 19.5 Å². The zero-order valence-corrected chi connectivity index (χ0v) is 18.5. The molecule has 1 atom stereocenters. The highest BCUT2D eigenvalue weighted by Crippen LogP contribution is 2.24. The van der Waals surface area contributed by atoms with Crippen LogP contribution in [0.4, 0.5) is 4.79 Å². The number of piperidine rings is 1. The molecule has 8 heteroatoms. The second-order valence-electron chi connectivity index (χ2n) is 7.91. The smallest absolute Gasteiger partial charge is 0.326 e. The quantitative estimate of drug-likeness (QED) is 0.627. The second-order valence-corrected chi connectivity index (χ2v) is 7.91. The number of nitriles is 1. The number of benzene rings is 2. The van der Waals surface area contributed by atoms with Gasteiger partial charge in [0.1, 0.15) is 6.04 Å². The maximum atomic E-state index is 12.6. The number of aliphatic carboxylic acids is 1. The van der Waals surface area contributed by atoms with Crippen LogP contribution in [-0.2, 0) is 20.7 Å². The Morgan fingerprint density at radius 3 is 2.42 bits per heavy atom. The van der Waals surface area contributed by atoms with E-state index in [-0.39, 0.29) is 18.3 Å². The number of likely N-dealkylation sites (tertiary alicyclic amines) is 1. The molecule has 172 valence electrons. The zero-order chi connectivity index (χ0) is 23.8. The summed E-state index contributed by atoms with van der Waals surface area (Å²) in [4.78, 5) is 37.8. The largest absolute Gasteiger partial charge is 0.480 e. The fourth-order valence-corrected chi connectivity index (χ4v) is 3.91. The minimum Gasteiger partial charge on any atom is -0.480 e. The molecule has 0 unspecified atom stereocenters. The first kappa shape index (κ1) is 23.8. The number of ether oxygens (including phenoxy) is 1. The van der Waals surface area contributed by atoms with Crippen molar-refractivity contribution in [3.63, 3.8) is 0 Å². The number of carbonyl (C=O) groups is 3. The van der Waals surface area contributed by atoms with Crippen LogP contribution in [0.25, 0.3) is 11.1 Å². The molecule has 2 aromatic carbocycles. The Hall–Kier alpha value is -3.86. The van der Waals surface area contributed by atoms with Crippen LogP contribution in [0.1, 0.15) is 30.9 Å². The van der Waals surface area contributed by atoms with Crippen molar-refractivity contribution in [2.24, 2.45) is 5.92 Å². The molecule has 1 fully saturated rings. The number of esters is 1. The number of rotatable bonds is 7. The predicted octanol–water partition coefficient (Wildman–Crippen LogP) is 3.21. The minimum atomic E-state index is -1.12. The molecule has 0 spiro atoms. The van der Waals surface area contributed by atoms with E-state index >= 15 is 0 Å². The van der Waals surface area contributed by atoms with Crippen molar-refractivity contribution in [1.82, 2.24) is 10.2 Å². The van der Waals surface area contributed by atoms with Gasteiger partial charge in [-0.3, -0.25) is 4.79 Å². The Labute approximate surface area is 192 Å². The number of hydrogen-bond donors (Lipinski definition) is 2. The third-order valence-corrected chi connectivity index (χ3v) is 5.75. The van der Waals surface area contributed by atoms with E-state index in [1.807, 2.05) is 24.3 Å². The predicted molar refractivity (Wildman–Crippen MR) is 121 cm³/mol. The summed E-state index contributed by atoms with van der Waals surface area (Å²) in [5.74, 6) is -1.60. The molecule has 8 nitrogen and oxygen atoms in total. The van der Waals surface area contributed by atoms with Gasteiger partial charge in [-0.25, -0.2) is 9.59 Å². The molecule has 3 rings (SSSR count). The summed E-state index contributed by atoms with van der Waals surface area (Å²) in [5, 5.41) is 21.5. The van der Waals surface area contributed by atoms with Gasteiger partial charge in [-0.2, -0.15) is 5.26 Å². The van der Waals surface area contributed by atoms with E-state index in [0.29, 0.717) is 38.1 Å². The van der Waals surface area contributed by atoms with E-state index in [2.05, 4.69) is 11.4 Å². The summed E-state index contributed by atoms with van der Waals surface area (Å²) in [7, 11) is 0. The summed E-state index contributed by atoms with van der Waals surface area (Å²) in [5.41, 5.74) is 2.98. The molecule has 0 aliphatic carbocycles. The SMILES string of the molecule is CCOC(=O)C1CCN(C(=O)N[C@@H](Cc2ccc(-c3ccccc3C#N)cc2)C(=O)O)CC1. The van der Waals surface area contributed by atoms with Gasteiger partial charge in [-0.05, 0) is 42.5 Å². The third-order valence-electron chi connectivity index (χ3n) is 5.75. The van der Waals surface area contributed by atoms with Gasteiger partial charge in [0.2, 0.25) is 0 Å². The van der Waals surface area contributed by atoms with Crippen LogP contribution in [0.5, 0.6) is 0 Å². The Morgan fingerprint density at radius 2 is 1.82 bits per heavy atom. The molecular weight excluding hydrogens is 422 g/mol. The fraction of sp³-hybridized carbons (Fsp3) is 0.360. The molecular formula is C25H27N3O5. The van der Waals surface area contributed by atoms with E-state index in [4.69, 9.17) is 4.74 Å². The summed E-state index contributed by atoms with van der Waals surface area (Å²) in [6.07, 6.45) is 1.12. The van der Waals surface area contributed by atoms with Crippen LogP contribution in [-0.4, -0.2) is 53.7 Å². The number of amides is 2. The molecule has 0 aromatic heterocycles. The summed E-state index contributed by atoms with van der Waals surface area (Å²) in [6.45, 7) is 2.82. The Bertz CT molecular complexity index is 1040. The van der Waals surface area contributed by atoms with E-state index in [0.717, 1.165) is 16.7 Å². The molecule has 33 heavy (non-hydrogen) atoms. The van der Waals surface area contributed by atoms with Crippen LogP contribution >= 0.6 is 0 Å². The number of carboxylic acids is 1. The van der Waals surface area contributed by atoms with Crippen molar-refractivity contribution >= 4 is 18.0 Å². The molecule has 2 N–H and O–H groups in total. The van der Waals surface area contributed by atoms with E-state index in [1.54, 1.807) is 31.2 Å². The van der Waals surface area contributed by atoms with Crippen LogP contribution in [0.3, 0.4) is 0 Å². The Kier molecular flexibility index (Phi) is 8.03. The number of nitrogens with one attached hydrogen (secondary N) is 1. The van der Waals surface area contributed by atoms with E-state index in [1.165, 1.54) is 4.90 Å². The molecule has 1 heterocycles. The van der Waals surface area contributed by atoms with Gasteiger partial charge in [0.25, 0.3) is 0 Å². The summed E-state index contributed by atoms with van der Waals surface area (Å²) < 4.78 is 5.04. The molecule has 2 amide bonds. The topological polar surface area (TPSA) is 120 Å². The van der Waals surface area contributed by atoms with Crippen molar-refractivity contribution in [2.75, 3.05) is 19.7 Å². The maximum absolute atomic E-state index is 12.6. The first-order valence-corrected chi connectivity index (χ1v) is 11.0. The summed E-state index contributed by atoms with van der Waals surface area (Å²) in [6, 6.07) is 15.2. The Balaban J connectivity index is 1.60. The molecule has 0 bridgehead atoms. The van der Waals surface area contributed by atoms with Crippen molar-refractivity contribution in [3.05, 3.63) is 59.7 Å². The third kappa shape index (κ3) is 6.10. The van der Waals surface area contributed by atoms with Crippen molar-refractivity contribution in [3.8, 4) is 17.2 Å². The van der Waals surface area contributed by atoms with E-state index in [9.17, 15) is 24.8 Å². The monoisotopic (exact) mass is 449 g/mol. The van der Waals surface area contributed by atoms with Gasteiger partial charge in [-0.15, -0.1) is 0 Å². The molecule has 1 saturated heterocycles. The maximum Gasteiger partial charge on any atom is 0.326 e. The lowest BCUT2D eigenvalue weighted by Gasteiger charge is -2.31.